The van der Waals surface area contributed by atoms with Gasteiger partial charge in [0.25, 0.3) is 0 Å². The van der Waals surface area contributed by atoms with E-state index in [-0.39, 0.29) is 24.0 Å². The second kappa shape index (κ2) is 9.14. The molecule has 0 unspecified atom stereocenters. The second-order valence-corrected chi connectivity index (χ2v) is 9.37. The van der Waals surface area contributed by atoms with Crippen molar-refractivity contribution in [3.05, 3.63) is 70.2 Å². The fraction of sp³-hybridized carbons (Fsp3) is 0.273. The molecule has 2 heterocycles. The van der Waals surface area contributed by atoms with Gasteiger partial charge in [-0.2, -0.15) is 0 Å². The molecule has 0 bridgehead atoms. The summed E-state index contributed by atoms with van der Waals surface area (Å²) in [6, 6.07) is 11.5. The highest BCUT2D eigenvalue weighted by Gasteiger charge is 2.22. The Bertz CT molecular complexity index is 1070. The van der Waals surface area contributed by atoms with Crippen molar-refractivity contribution in [2.75, 3.05) is 22.5 Å². The van der Waals surface area contributed by atoms with Crippen LogP contribution in [0.1, 0.15) is 23.1 Å². The van der Waals surface area contributed by atoms with Crippen LogP contribution in [0.5, 0.6) is 0 Å². The zero-order valence-electron chi connectivity index (χ0n) is 16.5. The number of nitrogens with one attached hydrogen (secondary N) is 1. The topological polar surface area (TPSA) is 45.2 Å². The standard InChI is InChI=1S/C22H21F2N3OS2/c1-2-29-17-7-6-14(18(24)12-17)10-21(28)26-22-25-19-8-9-27(13-20(19)30-22)16-5-3-4-15(23)11-16/h3-7,11-12H,2,8-10,13H2,1H3,(H,25,26,28). The summed E-state index contributed by atoms with van der Waals surface area (Å²) < 4.78 is 27.8. The highest BCUT2D eigenvalue weighted by atomic mass is 32.2. The van der Waals surface area contributed by atoms with Crippen LogP contribution in [-0.4, -0.2) is 23.2 Å². The third-order valence-corrected chi connectivity index (χ3v) is 6.71. The highest BCUT2D eigenvalue weighted by Crippen LogP contribution is 2.31. The van der Waals surface area contributed by atoms with Crippen LogP contribution in [0.15, 0.2) is 47.4 Å². The van der Waals surface area contributed by atoms with Crippen LogP contribution in [0.3, 0.4) is 0 Å². The minimum atomic E-state index is -0.368. The van der Waals surface area contributed by atoms with Crippen molar-refractivity contribution in [2.24, 2.45) is 0 Å². The van der Waals surface area contributed by atoms with Crippen molar-refractivity contribution in [1.29, 1.82) is 0 Å². The molecule has 30 heavy (non-hydrogen) atoms. The maximum absolute atomic E-state index is 14.3. The van der Waals surface area contributed by atoms with Gasteiger partial charge in [0.15, 0.2) is 5.13 Å². The fourth-order valence-electron chi connectivity index (χ4n) is 3.41. The lowest BCUT2D eigenvalue weighted by atomic mass is 10.1. The lowest BCUT2D eigenvalue weighted by Crippen LogP contribution is -2.29. The van der Waals surface area contributed by atoms with E-state index in [4.69, 9.17) is 0 Å². The minimum absolute atomic E-state index is 0.0391. The van der Waals surface area contributed by atoms with Gasteiger partial charge in [0.2, 0.25) is 5.91 Å². The average molecular weight is 446 g/mol. The number of carbonyl (C=O) groups is 1. The zero-order chi connectivity index (χ0) is 21.1. The summed E-state index contributed by atoms with van der Waals surface area (Å²) in [5.74, 6) is -0.0558. The van der Waals surface area contributed by atoms with Gasteiger partial charge in [0.1, 0.15) is 11.6 Å². The molecule has 0 radical (unpaired) electrons. The predicted octanol–water partition coefficient (Wildman–Crippen LogP) is 5.28. The van der Waals surface area contributed by atoms with Crippen molar-refractivity contribution >= 4 is 39.8 Å². The van der Waals surface area contributed by atoms with Gasteiger partial charge in [-0.1, -0.05) is 30.4 Å². The van der Waals surface area contributed by atoms with Crippen molar-refractivity contribution < 1.29 is 13.6 Å². The number of halogens is 2. The third kappa shape index (κ3) is 4.82. The summed E-state index contributed by atoms with van der Waals surface area (Å²) in [4.78, 5) is 20.9. The van der Waals surface area contributed by atoms with E-state index in [1.807, 2.05) is 19.1 Å². The minimum Gasteiger partial charge on any atom is -0.366 e. The number of hydrogen-bond acceptors (Lipinski definition) is 5. The molecule has 0 fully saturated rings. The van der Waals surface area contributed by atoms with Crippen molar-refractivity contribution in [2.45, 2.75) is 31.2 Å². The maximum Gasteiger partial charge on any atom is 0.230 e. The van der Waals surface area contributed by atoms with Crippen LogP contribution in [0.4, 0.5) is 19.6 Å². The summed E-state index contributed by atoms with van der Waals surface area (Å²) in [7, 11) is 0. The average Bonchev–Trinajstić information content (AvgIpc) is 3.11. The molecule has 2 aromatic carbocycles. The number of fused-ring (bicyclic) bond motifs is 1. The number of nitrogens with zero attached hydrogens (tertiary/aromatic N) is 2. The van der Waals surface area contributed by atoms with E-state index in [1.165, 1.54) is 29.5 Å². The first-order chi connectivity index (χ1) is 14.5. The van der Waals surface area contributed by atoms with Gasteiger partial charge in [-0.25, -0.2) is 13.8 Å². The van der Waals surface area contributed by atoms with Gasteiger partial charge in [0.05, 0.1) is 18.7 Å². The molecular weight excluding hydrogens is 424 g/mol. The van der Waals surface area contributed by atoms with Gasteiger partial charge in [-0.3, -0.25) is 4.79 Å². The van der Waals surface area contributed by atoms with E-state index in [0.29, 0.717) is 17.2 Å². The molecule has 8 heteroatoms. The van der Waals surface area contributed by atoms with Crippen LogP contribution in [-0.2, 0) is 24.2 Å². The molecule has 3 aromatic rings. The first-order valence-electron chi connectivity index (χ1n) is 9.72. The van der Waals surface area contributed by atoms with Crippen molar-refractivity contribution in [3.8, 4) is 0 Å². The molecule has 1 aliphatic rings. The first-order valence-corrected chi connectivity index (χ1v) is 11.5. The Balaban J connectivity index is 1.40. The summed E-state index contributed by atoms with van der Waals surface area (Å²) >= 11 is 2.98. The molecule has 0 saturated heterocycles. The molecule has 1 N–H and O–H groups in total. The number of benzene rings is 2. The Labute approximate surface area is 182 Å². The Kier molecular flexibility index (Phi) is 6.34. The molecule has 4 nitrogen and oxygen atoms in total. The third-order valence-electron chi connectivity index (χ3n) is 4.84. The monoisotopic (exact) mass is 445 g/mol. The largest absolute Gasteiger partial charge is 0.366 e. The number of carbonyl (C=O) groups excluding carboxylic acids is 1. The quantitative estimate of drug-likeness (QED) is 0.525. The van der Waals surface area contributed by atoms with E-state index in [2.05, 4.69) is 15.2 Å². The molecule has 4 rings (SSSR count). The molecular formula is C22H21F2N3OS2. The SMILES string of the molecule is CCSc1ccc(CC(=O)Nc2nc3c(s2)CN(c2cccc(F)c2)CC3)c(F)c1. The molecule has 0 aliphatic carbocycles. The predicted molar refractivity (Wildman–Crippen MR) is 118 cm³/mol. The molecule has 156 valence electrons. The smallest absolute Gasteiger partial charge is 0.230 e. The van der Waals surface area contributed by atoms with E-state index < -0.39 is 0 Å². The summed E-state index contributed by atoms with van der Waals surface area (Å²) in [5.41, 5.74) is 2.15. The zero-order valence-corrected chi connectivity index (χ0v) is 18.1. The summed E-state index contributed by atoms with van der Waals surface area (Å²) in [6.45, 7) is 3.37. The molecule has 0 spiro atoms. The van der Waals surface area contributed by atoms with Crippen LogP contribution >= 0.6 is 23.1 Å². The number of aromatic nitrogens is 1. The Morgan fingerprint density at radius 2 is 2.13 bits per heavy atom. The lowest BCUT2D eigenvalue weighted by Gasteiger charge is -2.28. The molecule has 1 aromatic heterocycles. The summed E-state index contributed by atoms with van der Waals surface area (Å²) in [5, 5.41) is 3.31. The Morgan fingerprint density at radius 3 is 2.90 bits per heavy atom. The number of anilines is 2. The number of thioether (sulfide) groups is 1. The normalized spacial score (nSPS) is 13.2. The molecule has 0 atom stereocenters. The van der Waals surface area contributed by atoms with Gasteiger partial charge in [-0.15, -0.1) is 11.8 Å². The first kappa shape index (κ1) is 20.8. The van der Waals surface area contributed by atoms with Gasteiger partial charge < -0.3 is 10.2 Å². The summed E-state index contributed by atoms with van der Waals surface area (Å²) in [6.07, 6.45) is 0.686. The Hall–Kier alpha value is -2.45. The highest BCUT2D eigenvalue weighted by molar-refractivity contribution is 7.99. The van der Waals surface area contributed by atoms with Crippen molar-refractivity contribution in [3.63, 3.8) is 0 Å². The van der Waals surface area contributed by atoms with Crippen LogP contribution in [0.25, 0.3) is 0 Å². The van der Waals surface area contributed by atoms with Crippen molar-refractivity contribution in [1.82, 2.24) is 4.98 Å². The lowest BCUT2D eigenvalue weighted by molar-refractivity contribution is -0.115. The Morgan fingerprint density at radius 1 is 1.27 bits per heavy atom. The number of thiazole rings is 1. The number of hydrogen-bond donors (Lipinski definition) is 1. The van der Waals surface area contributed by atoms with Gasteiger partial charge >= 0.3 is 0 Å². The second-order valence-electron chi connectivity index (χ2n) is 6.95. The van der Waals surface area contributed by atoms with Crippen LogP contribution in [0.2, 0.25) is 0 Å². The van der Waals surface area contributed by atoms with Gasteiger partial charge in [-0.05, 0) is 41.6 Å². The van der Waals surface area contributed by atoms with E-state index in [1.54, 1.807) is 23.9 Å². The van der Waals surface area contributed by atoms with E-state index in [0.717, 1.165) is 39.9 Å². The van der Waals surface area contributed by atoms with E-state index in [9.17, 15) is 13.6 Å². The fourth-order valence-corrected chi connectivity index (χ4v) is 5.13. The van der Waals surface area contributed by atoms with Gasteiger partial charge in [0, 0.05) is 28.4 Å². The number of rotatable bonds is 6. The van der Waals surface area contributed by atoms with E-state index >= 15 is 0 Å². The van der Waals surface area contributed by atoms with Crippen LogP contribution < -0.4 is 10.2 Å². The number of amides is 1. The van der Waals surface area contributed by atoms with Crippen LogP contribution in [0, 0.1) is 11.6 Å². The molecule has 1 amide bonds. The molecule has 1 aliphatic heterocycles. The maximum atomic E-state index is 14.3. The molecule has 0 saturated carbocycles.